The summed E-state index contributed by atoms with van der Waals surface area (Å²) < 4.78 is 7.26. The predicted octanol–water partition coefficient (Wildman–Crippen LogP) is 4.09. The third kappa shape index (κ3) is 3.41. The van der Waals surface area contributed by atoms with Crippen molar-refractivity contribution in [3.05, 3.63) is 28.5 Å². The van der Waals surface area contributed by atoms with Gasteiger partial charge in [0.05, 0.1) is 22.9 Å². The Morgan fingerprint density at radius 1 is 1.40 bits per heavy atom. The minimum Gasteiger partial charge on any atom is -0.369 e. The standard InChI is InChI=1S/C16H25BrN2O/c1-6-18-14(13-8-7-11(17)10-19-13)12-9-15(2,3)20-16(12,4)5/h7-8,10,12,14,18H,6,9H2,1-5H3. The zero-order valence-electron chi connectivity index (χ0n) is 13.0. The molecule has 0 amide bonds. The van der Waals surface area contributed by atoms with Crippen LogP contribution in [-0.4, -0.2) is 22.7 Å². The molecule has 0 radical (unpaired) electrons. The molecule has 0 bridgehead atoms. The van der Waals surface area contributed by atoms with Crippen molar-refractivity contribution in [3.63, 3.8) is 0 Å². The summed E-state index contributed by atoms with van der Waals surface area (Å²) in [5, 5.41) is 3.60. The Morgan fingerprint density at radius 2 is 2.10 bits per heavy atom. The summed E-state index contributed by atoms with van der Waals surface area (Å²) in [5.41, 5.74) is 0.872. The molecule has 1 aliphatic heterocycles. The van der Waals surface area contributed by atoms with Crippen LogP contribution >= 0.6 is 15.9 Å². The highest BCUT2D eigenvalue weighted by Crippen LogP contribution is 2.47. The zero-order chi connectivity index (χ0) is 15.0. The molecular formula is C16H25BrN2O. The predicted molar refractivity (Wildman–Crippen MR) is 85.7 cm³/mol. The van der Waals surface area contributed by atoms with Crippen molar-refractivity contribution in [1.82, 2.24) is 10.3 Å². The van der Waals surface area contributed by atoms with Crippen molar-refractivity contribution < 1.29 is 4.74 Å². The van der Waals surface area contributed by atoms with E-state index in [0.717, 1.165) is 23.1 Å². The lowest BCUT2D eigenvalue weighted by Gasteiger charge is -2.33. The molecule has 1 aliphatic rings. The molecule has 1 aromatic heterocycles. The molecule has 4 heteroatoms. The summed E-state index contributed by atoms with van der Waals surface area (Å²) in [7, 11) is 0. The van der Waals surface area contributed by atoms with Crippen LogP contribution in [0.3, 0.4) is 0 Å². The van der Waals surface area contributed by atoms with Crippen LogP contribution in [-0.2, 0) is 4.74 Å². The smallest absolute Gasteiger partial charge is 0.0681 e. The van der Waals surface area contributed by atoms with Crippen LogP contribution in [0.1, 0.15) is 52.8 Å². The zero-order valence-corrected chi connectivity index (χ0v) is 14.6. The van der Waals surface area contributed by atoms with Gasteiger partial charge in [0, 0.05) is 16.6 Å². The SMILES string of the molecule is CCNC(c1ccc(Br)cn1)C1CC(C)(C)OC1(C)C. The lowest BCUT2D eigenvalue weighted by Crippen LogP contribution is -2.38. The maximum absolute atomic E-state index is 6.24. The van der Waals surface area contributed by atoms with E-state index in [1.165, 1.54) is 0 Å². The number of nitrogens with zero attached hydrogens (tertiary/aromatic N) is 1. The fraction of sp³-hybridized carbons (Fsp3) is 0.688. The van der Waals surface area contributed by atoms with Crippen molar-refractivity contribution in [2.45, 2.75) is 58.3 Å². The number of pyridine rings is 1. The first kappa shape index (κ1) is 15.9. The van der Waals surface area contributed by atoms with E-state index < -0.39 is 0 Å². The molecule has 2 atom stereocenters. The quantitative estimate of drug-likeness (QED) is 0.896. The first-order valence-corrected chi connectivity index (χ1v) is 8.09. The molecule has 0 aliphatic carbocycles. The lowest BCUT2D eigenvalue weighted by atomic mass is 9.80. The van der Waals surface area contributed by atoms with Gasteiger partial charge in [-0.3, -0.25) is 4.98 Å². The Hall–Kier alpha value is -0.450. The Morgan fingerprint density at radius 3 is 2.55 bits per heavy atom. The summed E-state index contributed by atoms with van der Waals surface area (Å²) in [6.07, 6.45) is 2.91. The molecular weight excluding hydrogens is 316 g/mol. The van der Waals surface area contributed by atoms with Crippen molar-refractivity contribution in [2.24, 2.45) is 5.92 Å². The molecule has 1 N–H and O–H groups in total. The molecule has 0 spiro atoms. The largest absolute Gasteiger partial charge is 0.369 e. The molecule has 0 saturated carbocycles. The second-order valence-electron chi connectivity index (χ2n) is 6.71. The van der Waals surface area contributed by atoms with Gasteiger partial charge >= 0.3 is 0 Å². The topological polar surface area (TPSA) is 34.2 Å². The molecule has 2 heterocycles. The van der Waals surface area contributed by atoms with E-state index in [1.807, 2.05) is 6.20 Å². The summed E-state index contributed by atoms with van der Waals surface area (Å²) in [6, 6.07) is 4.38. The van der Waals surface area contributed by atoms with E-state index in [2.05, 4.69) is 73.0 Å². The third-order valence-corrected chi connectivity index (χ3v) is 4.51. The fourth-order valence-electron chi connectivity index (χ4n) is 3.37. The molecule has 1 saturated heterocycles. The van der Waals surface area contributed by atoms with Gasteiger partial charge in [0.2, 0.25) is 0 Å². The molecule has 2 unspecified atom stereocenters. The molecule has 1 aromatic rings. The summed E-state index contributed by atoms with van der Waals surface area (Å²) in [4.78, 5) is 4.59. The maximum Gasteiger partial charge on any atom is 0.0681 e. The Labute approximate surface area is 130 Å². The minimum atomic E-state index is -0.148. The van der Waals surface area contributed by atoms with Crippen LogP contribution in [0.5, 0.6) is 0 Å². The van der Waals surface area contributed by atoms with Crippen LogP contribution in [0, 0.1) is 5.92 Å². The van der Waals surface area contributed by atoms with Crippen LogP contribution in [0.15, 0.2) is 22.8 Å². The van der Waals surface area contributed by atoms with E-state index in [9.17, 15) is 0 Å². The Bertz CT molecular complexity index is 456. The molecule has 20 heavy (non-hydrogen) atoms. The van der Waals surface area contributed by atoms with E-state index in [0.29, 0.717) is 5.92 Å². The average Bonchev–Trinajstić information content (AvgIpc) is 2.55. The van der Waals surface area contributed by atoms with E-state index in [-0.39, 0.29) is 17.2 Å². The fourth-order valence-corrected chi connectivity index (χ4v) is 3.60. The Kier molecular flexibility index (Phi) is 4.57. The number of ether oxygens (including phenoxy) is 1. The van der Waals surface area contributed by atoms with Crippen LogP contribution in [0.4, 0.5) is 0 Å². The normalized spacial score (nSPS) is 25.6. The molecule has 2 rings (SSSR count). The van der Waals surface area contributed by atoms with Gasteiger partial charge < -0.3 is 10.1 Å². The molecule has 112 valence electrons. The van der Waals surface area contributed by atoms with Crippen LogP contribution < -0.4 is 5.32 Å². The van der Waals surface area contributed by atoms with Gasteiger partial charge in [-0.1, -0.05) is 6.92 Å². The number of aromatic nitrogens is 1. The van der Waals surface area contributed by atoms with E-state index >= 15 is 0 Å². The highest BCUT2D eigenvalue weighted by Gasteiger charge is 2.49. The van der Waals surface area contributed by atoms with Crippen molar-refractivity contribution in [2.75, 3.05) is 6.54 Å². The second kappa shape index (κ2) is 5.74. The highest BCUT2D eigenvalue weighted by atomic mass is 79.9. The van der Waals surface area contributed by atoms with Gasteiger partial charge in [0.25, 0.3) is 0 Å². The summed E-state index contributed by atoms with van der Waals surface area (Å²) in [6.45, 7) is 11.8. The van der Waals surface area contributed by atoms with Gasteiger partial charge in [-0.2, -0.15) is 0 Å². The molecule has 1 fully saturated rings. The van der Waals surface area contributed by atoms with Gasteiger partial charge in [0.15, 0.2) is 0 Å². The first-order valence-electron chi connectivity index (χ1n) is 7.30. The van der Waals surface area contributed by atoms with Crippen LogP contribution in [0.2, 0.25) is 0 Å². The van der Waals surface area contributed by atoms with Crippen molar-refractivity contribution in [3.8, 4) is 0 Å². The number of hydrogen-bond donors (Lipinski definition) is 1. The Balaban J connectivity index is 2.31. The summed E-state index contributed by atoms with van der Waals surface area (Å²) in [5.74, 6) is 0.408. The van der Waals surface area contributed by atoms with E-state index in [1.54, 1.807) is 0 Å². The first-order chi connectivity index (χ1) is 9.25. The lowest BCUT2D eigenvalue weighted by molar-refractivity contribution is -0.0779. The van der Waals surface area contributed by atoms with Gasteiger partial charge in [-0.05, 0) is 68.7 Å². The van der Waals surface area contributed by atoms with Crippen molar-refractivity contribution >= 4 is 15.9 Å². The minimum absolute atomic E-state index is 0.0722. The van der Waals surface area contributed by atoms with Gasteiger partial charge in [-0.15, -0.1) is 0 Å². The summed E-state index contributed by atoms with van der Waals surface area (Å²) >= 11 is 3.45. The van der Waals surface area contributed by atoms with Crippen molar-refractivity contribution in [1.29, 1.82) is 0 Å². The average molecular weight is 341 g/mol. The number of hydrogen-bond acceptors (Lipinski definition) is 3. The van der Waals surface area contributed by atoms with Gasteiger partial charge in [0.1, 0.15) is 0 Å². The molecule has 0 aromatic carbocycles. The molecule has 3 nitrogen and oxygen atoms in total. The van der Waals surface area contributed by atoms with Gasteiger partial charge in [-0.25, -0.2) is 0 Å². The highest BCUT2D eigenvalue weighted by molar-refractivity contribution is 9.10. The van der Waals surface area contributed by atoms with E-state index in [4.69, 9.17) is 4.74 Å². The van der Waals surface area contributed by atoms with Crippen LogP contribution in [0.25, 0.3) is 0 Å². The number of nitrogens with one attached hydrogen (secondary N) is 1. The number of rotatable bonds is 4. The monoisotopic (exact) mass is 340 g/mol. The second-order valence-corrected chi connectivity index (χ2v) is 7.63. The number of halogens is 1. The maximum atomic E-state index is 6.24. The third-order valence-electron chi connectivity index (χ3n) is 4.04.